The Morgan fingerprint density at radius 3 is 2.79 bits per heavy atom. The lowest BCUT2D eigenvalue weighted by Crippen LogP contribution is -2.38. The smallest absolute Gasteiger partial charge is 0.339 e. The van der Waals surface area contributed by atoms with Crippen molar-refractivity contribution >= 4 is 23.3 Å². The van der Waals surface area contributed by atoms with Crippen LogP contribution < -0.4 is 5.32 Å². The van der Waals surface area contributed by atoms with Crippen LogP contribution in [-0.2, 0) is 16.0 Å². The van der Waals surface area contributed by atoms with Crippen molar-refractivity contribution in [3.8, 4) is 0 Å². The molecule has 0 saturated carbocycles. The van der Waals surface area contributed by atoms with Crippen molar-refractivity contribution in [1.82, 2.24) is 0 Å². The Morgan fingerprint density at radius 2 is 2.04 bits per heavy atom. The molecule has 0 radical (unpaired) electrons. The zero-order valence-electron chi connectivity index (χ0n) is 12.8. The van der Waals surface area contributed by atoms with Gasteiger partial charge in [-0.1, -0.05) is 29.8 Å². The molecular formula is C17H14N2O5. The van der Waals surface area contributed by atoms with Gasteiger partial charge in [-0.2, -0.15) is 0 Å². The summed E-state index contributed by atoms with van der Waals surface area (Å²) in [5.41, 5.74) is 1.99. The molecule has 1 amide bonds. The van der Waals surface area contributed by atoms with Crippen LogP contribution in [0, 0.1) is 17.0 Å². The van der Waals surface area contributed by atoms with Gasteiger partial charge in [0.05, 0.1) is 10.5 Å². The van der Waals surface area contributed by atoms with Gasteiger partial charge in [0.15, 0.2) is 6.10 Å². The van der Waals surface area contributed by atoms with Gasteiger partial charge < -0.3 is 10.1 Å². The van der Waals surface area contributed by atoms with Crippen LogP contribution >= 0.6 is 0 Å². The standard InChI is InChI=1S/C17H14N2O5/c1-10-6-7-12-11(8-10)9-15(24-17(12)21)16(20)18-13-4-2-3-5-14(13)19(22)23/h2-8,15H,9H2,1H3,(H,18,20). The van der Waals surface area contributed by atoms with E-state index in [1.807, 2.05) is 13.0 Å². The zero-order valence-corrected chi connectivity index (χ0v) is 12.8. The molecule has 1 aliphatic heterocycles. The second-order valence-electron chi connectivity index (χ2n) is 5.52. The molecule has 1 atom stereocenters. The summed E-state index contributed by atoms with van der Waals surface area (Å²) in [6, 6.07) is 11.1. The highest BCUT2D eigenvalue weighted by atomic mass is 16.6. The number of nitro benzene ring substituents is 1. The van der Waals surface area contributed by atoms with Crippen LogP contribution in [0.25, 0.3) is 0 Å². The monoisotopic (exact) mass is 326 g/mol. The lowest BCUT2D eigenvalue weighted by Gasteiger charge is -2.24. The first-order chi connectivity index (χ1) is 11.5. The van der Waals surface area contributed by atoms with Crippen LogP contribution in [0.15, 0.2) is 42.5 Å². The summed E-state index contributed by atoms with van der Waals surface area (Å²) in [6.45, 7) is 1.89. The van der Waals surface area contributed by atoms with Crippen LogP contribution in [0.1, 0.15) is 21.5 Å². The van der Waals surface area contributed by atoms with Crippen LogP contribution in [-0.4, -0.2) is 22.9 Å². The fourth-order valence-corrected chi connectivity index (χ4v) is 2.62. The van der Waals surface area contributed by atoms with E-state index in [1.165, 1.54) is 18.2 Å². The Morgan fingerprint density at radius 1 is 1.29 bits per heavy atom. The average Bonchev–Trinajstić information content (AvgIpc) is 2.54. The number of fused-ring (bicyclic) bond motifs is 1. The maximum absolute atomic E-state index is 12.4. The minimum Gasteiger partial charge on any atom is -0.448 e. The van der Waals surface area contributed by atoms with E-state index in [0.29, 0.717) is 5.56 Å². The second-order valence-corrected chi connectivity index (χ2v) is 5.52. The van der Waals surface area contributed by atoms with E-state index in [2.05, 4.69) is 5.32 Å². The number of amides is 1. The minimum absolute atomic E-state index is 0.0681. The summed E-state index contributed by atoms with van der Waals surface area (Å²) in [6.07, 6.45) is -0.790. The zero-order chi connectivity index (χ0) is 17.3. The first-order valence-electron chi connectivity index (χ1n) is 7.30. The highest BCUT2D eigenvalue weighted by molar-refractivity contribution is 6.01. The lowest BCUT2D eigenvalue weighted by atomic mass is 9.96. The van der Waals surface area contributed by atoms with Crippen LogP contribution in [0.2, 0.25) is 0 Å². The maximum atomic E-state index is 12.4. The van der Waals surface area contributed by atoms with Crippen molar-refractivity contribution in [3.63, 3.8) is 0 Å². The van der Waals surface area contributed by atoms with Gasteiger partial charge in [0.1, 0.15) is 5.69 Å². The summed E-state index contributed by atoms with van der Waals surface area (Å²) in [4.78, 5) is 34.8. The van der Waals surface area contributed by atoms with Crippen molar-refractivity contribution in [3.05, 3.63) is 69.3 Å². The van der Waals surface area contributed by atoms with E-state index in [9.17, 15) is 19.7 Å². The molecule has 2 aromatic rings. The van der Waals surface area contributed by atoms with Crippen molar-refractivity contribution in [2.24, 2.45) is 0 Å². The number of anilines is 1. The van der Waals surface area contributed by atoms with Gasteiger partial charge in [-0.15, -0.1) is 0 Å². The molecule has 1 heterocycles. The third kappa shape index (κ3) is 2.96. The fraction of sp³-hybridized carbons (Fsp3) is 0.176. The number of carbonyl (C=O) groups is 2. The van der Waals surface area contributed by atoms with Crippen molar-refractivity contribution in [2.75, 3.05) is 5.32 Å². The van der Waals surface area contributed by atoms with Crippen LogP contribution in [0.5, 0.6) is 0 Å². The predicted octanol–water partition coefficient (Wildman–Crippen LogP) is 2.62. The first kappa shape index (κ1) is 15.7. The Hall–Kier alpha value is -3.22. The number of cyclic esters (lactones) is 1. The van der Waals surface area contributed by atoms with Crippen molar-refractivity contribution in [1.29, 1.82) is 0 Å². The molecular weight excluding hydrogens is 312 g/mol. The third-order valence-electron chi connectivity index (χ3n) is 3.79. The van der Waals surface area contributed by atoms with E-state index in [-0.39, 0.29) is 17.8 Å². The molecule has 3 rings (SSSR count). The van der Waals surface area contributed by atoms with E-state index < -0.39 is 22.9 Å². The SMILES string of the molecule is Cc1ccc2c(c1)CC(C(=O)Nc1ccccc1[N+](=O)[O-])OC2=O. The molecule has 122 valence electrons. The maximum Gasteiger partial charge on any atom is 0.339 e. The van der Waals surface area contributed by atoms with Crippen molar-refractivity contribution < 1.29 is 19.2 Å². The number of aryl methyl sites for hydroxylation is 1. The summed E-state index contributed by atoms with van der Waals surface area (Å²) in [5, 5.41) is 13.5. The molecule has 0 bridgehead atoms. The molecule has 0 aromatic heterocycles. The van der Waals surface area contributed by atoms with Gasteiger partial charge in [0.2, 0.25) is 0 Å². The van der Waals surface area contributed by atoms with E-state index in [4.69, 9.17) is 4.74 Å². The normalized spacial score (nSPS) is 16.0. The number of rotatable bonds is 3. The molecule has 2 aromatic carbocycles. The molecule has 0 saturated heterocycles. The number of para-hydroxylation sites is 2. The van der Waals surface area contributed by atoms with Crippen LogP contribution in [0.3, 0.4) is 0 Å². The first-order valence-corrected chi connectivity index (χ1v) is 7.30. The van der Waals surface area contributed by atoms with Gasteiger partial charge in [-0.25, -0.2) is 4.79 Å². The molecule has 0 spiro atoms. The molecule has 7 heteroatoms. The molecule has 7 nitrogen and oxygen atoms in total. The van der Waals surface area contributed by atoms with Gasteiger partial charge in [-0.05, 0) is 24.6 Å². The number of nitro groups is 1. The number of nitrogens with zero attached hydrogens (tertiary/aromatic N) is 1. The molecule has 0 aliphatic carbocycles. The number of hydrogen-bond acceptors (Lipinski definition) is 5. The molecule has 1 aliphatic rings. The van der Waals surface area contributed by atoms with E-state index in [0.717, 1.165) is 11.1 Å². The van der Waals surface area contributed by atoms with Gasteiger partial charge in [-0.3, -0.25) is 14.9 Å². The number of esters is 1. The van der Waals surface area contributed by atoms with Crippen molar-refractivity contribution in [2.45, 2.75) is 19.4 Å². The van der Waals surface area contributed by atoms with Gasteiger partial charge in [0, 0.05) is 12.5 Å². The number of carbonyl (C=O) groups excluding carboxylic acids is 2. The third-order valence-corrected chi connectivity index (χ3v) is 3.79. The molecule has 1 unspecified atom stereocenters. The van der Waals surface area contributed by atoms with Gasteiger partial charge in [0.25, 0.3) is 11.6 Å². The Bertz CT molecular complexity index is 847. The molecule has 0 fully saturated rings. The Labute approximate surface area is 137 Å². The summed E-state index contributed by atoms with van der Waals surface area (Å²) < 4.78 is 5.17. The van der Waals surface area contributed by atoms with E-state index >= 15 is 0 Å². The molecule has 24 heavy (non-hydrogen) atoms. The highest BCUT2D eigenvalue weighted by Crippen LogP contribution is 2.26. The summed E-state index contributed by atoms with van der Waals surface area (Å²) in [5.74, 6) is -1.16. The molecule has 1 N–H and O–H groups in total. The Balaban J connectivity index is 1.82. The second kappa shape index (κ2) is 6.11. The lowest BCUT2D eigenvalue weighted by molar-refractivity contribution is -0.383. The quantitative estimate of drug-likeness (QED) is 0.531. The number of ether oxygens (including phenoxy) is 1. The Kier molecular flexibility index (Phi) is 3.99. The highest BCUT2D eigenvalue weighted by Gasteiger charge is 2.32. The minimum atomic E-state index is -1.02. The largest absolute Gasteiger partial charge is 0.448 e. The number of hydrogen-bond donors (Lipinski definition) is 1. The van der Waals surface area contributed by atoms with Crippen LogP contribution in [0.4, 0.5) is 11.4 Å². The topological polar surface area (TPSA) is 98.5 Å². The van der Waals surface area contributed by atoms with E-state index in [1.54, 1.807) is 18.2 Å². The van der Waals surface area contributed by atoms with Gasteiger partial charge >= 0.3 is 5.97 Å². The fourth-order valence-electron chi connectivity index (χ4n) is 2.62. The number of benzene rings is 2. The summed E-state index contributed by atoms with van der Waals surface area (Å²) >= 11 is 0. The summed E-state index contributed by atoms with van der Waals surface area (Å²) in [7, 11) is 0. The average molecular weight is 326 g/mol. The predicted molar refractivity (Wildman–Crippen MR) is 85.8 cm³/mol. The number of nitrogens with one attached hydrogen (secondary N) is 1.